The molecule has 4 rings (SSSR count). The SMILES string of the molecule is CCOc1cc(C2C(=C(O)c3ccncc3)C(=O)C(=O)N2Cc2ccco2)ccc1O. The zero-order valence-corrected chi connectivity index (χ0v) is 16.7. The van der Waals surface area contributed by atoms with Crippen LogP contribution in [0.15, 0.2) is 71.1 Å². The van der Waals surface area contributed by atoms with E-state index in [-0.39, 0.29) is 29.4 Å². The van der Waals surface area contributed by atoms with Crippen molar-refractivity contribution < 1.29 is 29.0 Å². The molecule has 1 saturated heterocycles. The molecule has 158 valence electrons. The first-order valence-corrected chi connectivity index (χ1v) is 9.68. The molecule has 1 fully saturated rings. The predicted octanol–water partition coefficient (Wildman–Crippen LogP) is 3.40. The van der Waals surface area contributed by atoms with Crippen molar-refractivity contribution in [3.63, 3.8) is 0 Å². The zero-order chi connectivity index (χ0) is 22.0. The molecule has 0 spiro atoms. The van der Waals surface area contributed by atoms with E-state index in [4.69, 9.17) is 9.15 Å². The number of carbonyl (C=O) groups excluding carboxylic acids is 2. The van der Waals surface area contributed by atoms with Crippen molar-refractivity contribution >= 4 is 17.4 Å². The fraction of sp³-hybridized carbons (Fsp3) is 0.174. The van der Waals surface area contributed by atoms with Gasteiger partial charge in [-0.05, 0) is 48.9 Å². The van der Waals surface area contributed by atoms with Gasteiger partial charge in [0.2, 0.25) is 0 Å². The minimum Gasteiger partial charge on any atom is -0.507 e. The number of benzene rings is 1. The second kappa shape index (κ2) is 8.35. The number of ketones is 1. The van der Waals surface area contributed by atoms with E-state index in [1.165, 1.54) is 29.6 Å². The fourth-order valence-corrected chi connectivity index (χ4v) is 3.60. The number of Topliss-reactive ketones (excluding diaryl/α,β-unsaturated/α-hetero) is 1. The van der Waals surface area contributed by atoms with Crippen molar-refractivity contribution in [3.8, 4) is 11.5 Å². The standard InChI is InChI=1S/C23H20N2O6/c1-2-30-18-12-15(5-6-17(18)26)20-19(21(27)14-7-9-24-10-8-14)22(28)23(29)25(20)13-16-4-3-11-31-16/h3-12,20,26-27H,2,13H2,1H3. The van der Waals surface area contributed by atoms with Gasteiger partial charge in [0, 0.05) is 18.0 Å². The highest BCUT2D eigenvalue weighted by molar-refractivity contribution is 6.46. The number of aliphatic hydroxyl groups excluding tert-OH is 1. The Balaban J connectivity index is 1.88. The number of phenols is 1. The van der Waals surface area contributed by atoms with Crippen LogP contribution in [0.3, 0.4) is 0 Å². The minimum atomic E-state index is -0.905. The van der Waals surface area contributed by atoms with Gasteiger partial charge < -0.3 is 24.3 Å². The number of hydrogen-bond donors (Lipinski definition) is 2. The van der Waals surface area contributed by atoms with Gasteiger partial charge in [-0.3, -0.25) is 14.6 Å². The zero-order valence-electron chi connectivity index (χ0n) is 16.7. The Bertz CT molecular complexity index is 1140. The Morgan fingerprint density at radius 2 is 1.97 bits per heavy atom. The first-order chi connectivity index (χ1) is 15.0. The average Bonchev–Trinajstić information content (AvgIpc) is 3.38. The smallest absolute Gasteiger partial charge is 0.296 e. The summed E-state index contributed by atoms with van der Waals surface area (Å²) in [5, 5.41) is 21.0. The summed E-state index contributed by atoms with van der Waals surface area (Å²) in [5.41, 5.74) is 0.804. The van der Waals surface area contributed by atoms with Gasteiger partial charge in [0.05, 0.1) is 31.0 Å². The van der Waals surface area contributed by atoms with E-state index in [9.17, 15) is 19.8 Å². The number of furan rings is 1. The molecule has 3 aromatic rings. The van der Waals surface area contributed by atoms with Crippen LogP contribution in [0.4, 0.5) is 0 Å². The van der Waals surface area contributed by atoms with E-state index in [1.807, 2.05) is 0 Å². The van der Waals surface area contributed by atoms with Crippen LogP contribution >= 0.6 is 0 Å². The average molecular weight is 420 g/mol. The molecule has 1 unspecified atom stereocenters. The third kappa shape index (κ3) is 3.75. The summed E-state index contributed by atoms with van der Waals surface area (Å²) >= 11 is 0. The van der Waals surface area contributed by atoms with Crippen LogP contribution in [-0.4, -0.2) is 38.4 Å². The highest BCUT2D eigenvalue weighted by atomic mass is 16.5. The number of phenolic OH excluding ortho intramolecular Hbond substituents is 1. The first kappa shape index (κ1) is 20.2. The fourth-order valence-electron chi connectivity index (χ4n) is 3.60. The maximum absolute atomic E-state index is 13.0. The van der Waals surface area contributed by atoms with Crippen molar-refractivity contribution in [1.29, 1.82) is 0 Å². The summed E-state index contributed by atoms with van der Waals surface area (Å²) in [6, 6.07) is 10.2. The maximum Gasteiger partial charge on any atom is 0.296 e. The van der Waals surface area contributed by atoms with Gasteiger partial charge in [0.25, 0.3) is 11.7 Å². The van der Waals surface area contributed by atoms with E-state index < -0.39 is 17.7 Å². The van der Waals surface area contributed by atoms with E-state index in [2.05, 4.69) is 4.98 Å². The lowest BCUT2D eigenvalue weighted by molar-refractivity contribution is -0.140. The van der Waals surface area contributed by atoms with Gasteiger partial charge in [0.15, 0.2) is 11.5 Å². The van der Waals surface area contributed by atoms with Gasteiger partial charge in [-0.25, -0.2) is 0 Å². The third-order valence-electron chi connectivity index (χ3n) is 5.00. The van der Waals surface area contributed by atoms with Crippen molar-refractivity contribution in [2.24, 2.45) is 0 Å². The van der Waals surface area contributed by atoms with Gasteiger partial charge in [-0.15, -0.1) is 0 Å². The lowest BCUT2D eigenvalue weighted by Crippen LogP contribution is -2.29. The lowest BCUT2D eigenvalue weighted by Gasteiger charge is -2.25. The Kier molecular flexibility index (Phi) is 5.44. The van der Waals surface area contributed by atoms with Crippen LogP contribution in [0.25, 0.3) is 5.76 Å². The Labute approximate surface area is 178 Å². The van der Waals surface area contributed by atoms with E-state index >= 15 is 0 Å². The molecule has 8 heteroatoms. The number of hydrogen-bond acceptors (Lipinski definition) is 7. The Hall–Kier alpha value is -4.07. The van der Waals surface area contributed by atoms with E-state index in [0.717, 1.165) is 0 Å². The monoisotopic (exact) mass is 420 g/mol. The largest absolute Gasteiger partial charge is 0.507 e. The molecule has 1 amide bonds. The molecular formula is C23H20N2O6. The molecule has 0 bridgehead atoms. The summed E-state index contributed by atoms with van der Waals surface area (Å²) in [7, 11) is 0. The number of pyridine rings is 1. The molecular weight excluding hydrogens is 400 g/mol. The number of likely N-dealkylation sites (tertiary alicyclic amines) is 1. The number of nitrogens with zero attached hydrogens (tertiary/aromatic N) is 2. The summed E-state index contributed by atoms with van der Waals surface area (Å²) in [6.07, 6.45) is 4.44. The molecule has 3 heterocycles. The molecule has 2 N–H and O–H groups in total. The summed E-state index contributed by atoms with van der Waals surface area (Å²) in [4.78, 5) is 31.2. The minimum absolute atomic E-state index is 0.0280. The second-order valence-electron chi connectivity index (χ2n) is 6.90. The number of rotatable bonds is 6. The van der Waals surface area contributed by atoms with Gasteiger partial charge in [0.1, 0.15) is 11.5 Å². The van der Waals surface area contributed by atoms with E-state index in [0.29, 0.717) is 23.5 Å². The quantitative estimate of drug-likeness (QED) is 0.357. The van der Waals surface area contributed by atoms with Gasteiger partial charge >= 0.3 is 0 Å². The molecule has 0 aliphatic carbocycles. The molecule has 0 radical (unpaired) electrons. The van der Waals surface area contributed by atoms with Crippen molar-refractivity contribution in [3.05, 3.63) is 83.6 Å². The molecule has 1 aliphatic heterocycles. The van der Waals surface area contributed by atoms with Crippen molar-refractivity contribution in [1.82, 2.24) is 9.88 Å². The molecule has 31 heavy (non-hydrogen) atoms. The maximum atomic E-state index is 13.0. The lowest BCUT2D eigenvalue weighted by atomic mass is 9.95. The highest BCUT2D eigenvalue weighted by Crippen LogP contribution is 2.42. The van der Waals surface area contributed by atoms with Crippen molar-refractivity contribution in [2.75, 3.05) is 6.61 Å². The highest BCUT2D eigenvalue weighted by Gasteiger charge is 2.46. The van der Waals surface area contributed by atoms with Crippen LogP contribution < -0.4 is 4.74 Å². The number of aromatic hydroxyl groups is 1. The molecule has 2 aromatic heterocycles. The molecule has 0 saturated carbocycles. The molecule has 1 aromatic carbocycles. The predicted molar refractivity (Wildman–Crippen MR) is 110 cm³/mol. The third-order valence-corrected chi connectivity index (χ3v) is 5.00. The van der Waals surface area contributed by atoms with Crippen molar-refractivity contribution in [2.45, 2.75) is 19.5 Å². The van der Waals surface area contributed by atoms with Gasteiger partial charge in [-0.2, -0.15) is 0 Å². The topological polar surface area (TPSA) is 113 Å². The second-order valence-corrected chi connectivity index (χ2v) is 6.90. The van der Waals surface area contributed by atoms with Crippen LogP contribution in [0.5, 0.6) is 11.5 Å². The van der Waals surface area contributed by atoms with Crippen LogP contribution in [0.1, 0.15) is 29.9 Å². The summed E-state index contributed by atoms with van der Waals surface area (Å²) in [5.74, 6) is -1.24. The molecule has 1 atom stereocenters. The number of aromatic nitrogens is 1. The van der Waals surface area contributed by atoms with Crippen LogP contribution in [0, 0.1) is 0 Å². The summed E-state index contributed by atoms with van der Waals surface area (Å²) < 4.78 is 10.8. The first-order valence-electron chi connectivity index (χ1n) is 9.68. The molecule has 8 nitrogen and oxygen atoms in total. The number of ether oxygens (including phenoxy) is 1. The number of amides is 1. The van der Waals surface area contributed by atoms with E-state index in [1.54, 1.807) is 43.3 Å². The molecule has 1 aliphatic rings. The summed E-state index contributed by atoms with van der Waals surface area (Å²) in [6.45, 7) is 2.12. The normalized spacial score (nSPS) is 17.8. The number of aliphatic hydroxyl groups is 1. The van der Waals surface area contributed by atoms with Crippen LogP contribution in [0.2, 0.25) is 0 Å². The Morgan fingerprint density at radius 3 is 2.65 bits per heavy atom. The Morgan fingerprint density at radius 1 is 1.19 bits per heavy atom. The number of carbonyl (C=O) groups is 2. The van der Waals surface area contributed by atoms with Gasteiger partial charge in [-0.1, -0.05) is 6.07 Å². The van der Waals surface area contributed by atoms with Crippen LogP contribution in [-0.2, 0) is 16.1 Å².